The first-order chi connectivity index (χ1) is 5.27. The van der Waals surface area contributed by atoms with E-state index < -0.39 is 0 Å². The number of rotatable bonds is 5. The molecule has 1 rings (SSSR count). The lowest BCUT2D eigenvalue weighted by Crippen LogP contribution is -2.18. The van der Waals surface area contributed by atoms with E-state index in [1.807, 2.05) is 7.05 Å². The molecule has 1 aliphatic rings. The normalized spacial score (nSPS) is 28.5. The van der Waals surface area contributed by atoms with E-state index in [0.717, 1.165) is 18.3 Å². The van der Waals surface area contributed by atoms with Crippen molar-refractivity contribution >= 4 is 5.78 Å². The van der Waals surface area contributed by atoms with Crippen molar-refractivity contribution in [2.75, 3.05) is 13.6 Å². The maximum Gasteiger partial charge on any atom is 0.146 e. The molecule has 0 saturated heterocycles. The summed E-state index contributed by atoms with van der Waals surface area (Å²) in [7, 11) is 1.82. The Bertz CT molecular complexity index is 144. The minimum atomic E-state index is 0.369. The highest BCUT2D eigenvalue weighted by molar-refractivity contribution is 5.80. The highest BCUT2D eigenvalue weighted by Gasteiger charge is 2.36. The zero-order valence-electron chi connectivity index (χ0n) is 7.39. The molecule has 0 radical (unpaired) electrons. The Kier molecular flexibility index (Phi) is 3.06. The molecule has 11 heavy (non-hydrogen) atoms. The van der Waals surface area contributed by atoms with Crippen molar-refractivity contribution in [2.24, 2.45) is 11.8 Å². The van der Waals surface area contributed by atoms with Gasteiger partial charge in [-0.2, -0.15) is 0 Å². The fraction of sp³-hybridized carbons (Fsp3) is 0.889. The third-order valence-electron chi connectivity index (χ3n) is 2.46. The van der Waals surface area contributed by atoms with Crippen LogP contribution in [0, 0.1) is 11.8 Å². The lowest BCUT2D eigenvalue weighted by molar-refractivity contribution is -0.118. The van der Waals surface area contributed by atoms with Gasteiger partial charge in [0.2, 0.25) is 0 Å². The summed E-state index contributed by atoms with van der Waals surface area (Å²) in [6.45, 7) is 2.75. The summed E-state index contributed by atoms with van der Waals surface area (Å²) < 4.78 is 0. The van der Waals surface area contributed by atoms with Crippen LogP contribution in [-0.4, -0.2) is 19.4 Å². The van der Waals surface area contributed by atoms with Gasteiger partial charge in [-0.05, 0) is 25.3 Å². The fourth-order valence-corrected chi connectivity index (χ4v) is 1.62. The molecule has 0 aromatic heterocycles. The van der Waals surface area contributed by atoms with Crippen LogP contribution >= 0.6 is 0 Å². The average Bonchev–Trinajstić information content (AvgIpc) is 2.68. The summed E-state index contributed by atoms with van der Waals surface area (Å²) in [5.74, 6) is 1.95. The number of hydrogen-bond donors (Lipinski definition) is 1. The first-order valence-electron chi connectivity index (χ1n) is 4.44. The minimum absolute atomic E-state index is 0.369. The van der Waals surface area contributed by atoms with Gasteiger partial charge in [0, 0.05) is 6.42 Å². The van der Waals surface area contributed by atoms with E-state index in [1.165, 1.54) is 12.8 Å². The summed E-state index contributed by atoms with van der Waals surface area (Å²) >= 11 is 0. The molecule has 0 aromatic rings. The van der Waals surface area contributed by atoms with Gasteiger partial charge in [-0.3, -0.25) is 4.79 Å². The van der Waals surface area contributed by atoms with E-state index in [9.17, 15) is 4.79 Å². The van der Waals surface area contributed by atoms with E-state index in [1.54, 1.807) is 0 Å². The molecule has 2 heteroatoms. The monoisotopic (exact) mass is 155 g/mol. The Hall–Kier alpha value is -0.370. The van der Waals surface area contributed by atoms with Crippen molar-refractivity contribution in [3.8, 4) is 0 Å². The fourth-order valence-electron chi connectivity index (χ4n) is 1.62. The molecule has 0 bridgehead atoms. The maximum atomic E-state index is 11.1. The number of carbonyl (C=O) groups is 1. The quantitative estimate of drug-likeness (QED) is 0.646. The van der Waals surface area contributed by atoms with Crippen molar-refractivity contribution in [3.63, 3.8) is 0 Å². The molecule has 2 nitrogen and oxygen atoms in total. The summed E-state index contributed by atoms with van der Waals surface area (Å²) in [6, 6.07) is 0. The van der Waals surface area contributed by atoms with Crippen molar-refractivity contribution in [1.29, 1.82) is 0 Å². The molecule has 1 aliphatic carbocycles. The molecule has 0 amide bonds. The van der Waals surface area contributed by atoms with Gasteiger partial charge < -0.3 is 5.32 Å². The smallest absolute Gasteiger partial charge is 0.146 e. The number of Topliss-reactive ketones (excluding diaryl/α,β-unsaturated/α-hetero) is 1. The van der Waals surface area contributed by atoms with E-state index >= 15 is 0 Å². The van der Waals surface area contributed by atoms with Crippen LogP contribution in [0.5, 0.6) is 0 Å². The molecule has 1 fully saturated rings. The standard InChI is InChI=1S/C9H17NO/c1-3-7-4-8(7)5-9(11)6-10-2/h7-8,10H,3-6H2,1-2H3/t7-,8+/m1/s1. The van der Waals surface area contributed by atoms with Gasteiger partial charge in [0.1, 0.15) is 5.78 Å². The SMILES string of the molecule is CC[C@@H]1C[C@H]1CC(=O)CNC. The number of ketones is 1. The van der Waals surface area contributed by atoms with Crippen LogP contribution in [0.25, 0.3) is 0 Å². The van der Waals surface area contributed by atoms with Crippen molar-refractivity contribution in [3.05, 3.63) is 0 Å². The van der Waals surface area contributed by atoms with E-state index in [4.69, 9.17) is 0 Å². The lowest BCUT2D eigenvalue weighted by Gasteiger charge is -1.97. The van der Waals surface area contributed by atoms with Gasteiger partial charge in [0.05, 0.1) is 6.54 Å². The molecule has 2 atom stereocenters. The van der Waals surface area contributed by atoms with Crippen LogP contribution in [0.15, 0.2) is 0 Å². The predicted octanol–water partition coefficient (Wildman–Crippen LogP) is 1.21. The van der Waals surface area contributed by atoms with Gasteiger partial charge in [0.25, 0.3) is 0 Å². The Morgan fingerprint density at radius 3 is 2.73 bits per heavy atom. The van der Waals surface area contributed by atoms with Crippen LogP contribution in [0.4, 0.5) is 0 Å². The zero-order chi connectivity index (χ0) is 8.27. The summed E-state index contributed by atoms with van der Waals surface area (Å²) in [5, 5.41) is 2.88. The van der Waals surface area contributed by atoms with Crippen molar-refractivity contribution < 1.29 is 4.79 Å². The Labute approximate surface area is 68.4 Å². The molecule has 0 aliphatic heterocycles. The topological polar surface area (TPSA) is 29.1 Å². The van der Waals surface area contributed by atoms with Crippen LogP contribution < -0.4 is 5.32 Å². The van der Waals surface area contributed by atoms with Crippen LogP contribution in [0.3, 0.4) is 0 Å². The number of likely N-dealkylation sites (N-methyl/N-ethyl adjacent to an activating group) is 1. The zero-order valence-corrected chi connectivity index (χ0v) is 7.39. The van der Waals surface area contributed by atoms with Crippen LogP contribution in [-0.2, 0) is 4.79 Å². The second kappa shape index (κ2) is 3.86. The van der Waals surface area contributed by atoms with Gasteiger partial charge in [-0.15, -0.1) is 0 Å². The van der Waals surface area contributed by atoms with Gasteiger partial charge in [-0.25, -0.2) is 0 Å². The molecule has 0 heterocycles. The highest BCUT2D eigenvalue weighted by atomic mass is 16.1. The van der Waals surface area contributed by atoms with E-state index in [0.29, 0.717) is 12.3 Å². The van der Waals surface area contributed by atoms with E-state index in [2.05, 4.69) is 12.2 Å². The Morgan fingerprint density at radius 2 is 2.27 bits per heavy atom. The Balaban J connectivity index is 2.08. The number of carbonyl (C=O) groups excluding carboxylic acids is 1. The van der Waals surface area contributed by atoms with E-state index in [-0.39, 0.29) is 0 Å². The number of nitrogens with one attached hydrogen (secondary N) is 1. The van der Waals surface area contributed by atoms with Crippen LogP contribution in [0.1, 0.15) is 26.2 Å². The molecular weight excluding hydrogens is 138 g/mol. The second-order valence-electron chi connectivity index (χ2n) is 3.44. The predicted molar refractivity (Wildman–Crippen MR) is 45.4 cm³/mol. The first-order valence-corrected chi connectivity index (χ1v) is 4.44. The summed E-state index contributed by atoms with van der Waals surface area (Å²) in [6.07, 6.45) is 3.34. The van der Waals surface area contributed by atoms with Gasteiger partial charge in [0.15, 0.2) is 0 Å². The van der Waals surface area contributed by atoms with Gasteiger partial charge >= 0.3 is 0 Å². The summed E-state index contributed by atoms with van der Waals surface area (Å²) in [4.78, 5) is 11.1. The molecule has 1 saturated carbocycles. The maximum absolute atomic E-state index is 11.1. The molecule has 1 N–H and O–H groups in total. The third-order valence-corrected chi connectivity index (χ3v) is 2.46. The third kappa shape index (κ3) is 2.62. The minimum Gasteiger partial charge on any atom is -0.313 e. The van der Waals surface area contributed by atoms with Crippen molar-refractivity contribution in [2.45, 2.75) is 26.2 Å². The molecule has 0 unspecified atom stereocenters. The largest absolute Gasteiger partial charge is 0.313 e. The molecule has 0 spiro atoms. The second-order valence-corrected chi connectivity index (χ2v) is 3.44. The van der Waals surface area contributed by atoms with Gasteiger partial charge in [-0.1, -0.05) is 13.3 Å². The van der Waals surface area contributed by atoms with Crippen molar-refractivity contribution in [1.82, 2.24) is 5.32 Å². The summed E-state index contributed by atoms with van der Waals surface area (Å²) in [5.41, 5.74) is 0. The molecule has 64 valence electrons. The average molecular weight is 155 g/mol. The molecular formula is C9H17NO. The van der Waals surface area contributed by atoms with Crippen LogP contribution in [0.2, 0.25) is 0 Å². The molecule has 0 aromatic carbocycles. The Morgan fingerprint density at radius 1 is 1.55 bits per heavy atom. The number of hydrogen-bond acceptors (Lipinski definition) is 2. The lowest BCUT2D eigenvalue weighted by atomic mass is 10.1. The highest BCUT2D eigenvalue weighted by Crippen LogP contribution is 2.43. The first kappa shape index (κ1) is 8.72.